The summed E-state index contributed by atoms with van der Waals surface area (Å²) in [6.07, 6.45) is 3.74. The van der Waals surface area contributed by atoms with Gasteiger partial charge in [0.25, 0.3) is 0 Å². The van der Waals surface area contributed by atoms with E-state index < -0.39 is 0 Å². The maximum Gasteiger partial charge on any atom is 0.339 e. The molecule has 3 rings (SSSR count). The molecule has 0 bridgehead atoms. The van der Waals surface area contributed by atoms with Crippen molar-refractivity contribution < 1.29 is 9.52 Å². The molecule has 1 aliphatic rings. The van der Waals surface area contributed by atoms with E-state index in [1.54, 1.807) is 6.07 Å². The summed E-state index contributed by atoms with van der Waals surface area (Å²) < 4.78 is 5.22. The van der Waals surface area contributed by atoms with E-state index in [2.05, 4.69) is 0 Å². The van der Waals surface area contributed by atoms with Crippen LogP contribution in [0.2, 0.25) is 5.02 Å². The van der Waals surface area contributed by atoms with Crippen molar-refractivity contribution in [3.63, 3.8) is 0 Å². The Morgan fingerprint density at radius 3 is 2.65 bits per heavy atom. The standard InChI is InChI=1S/C13H11ClO3/c14-10-5-9-7-3-1-2-4-8(7)13(16)17-12(9)6-11(10)15/h5-6,15H,1-4H2. The molecule has 0 fully saturated rings. The van der Waals surface area contributed by atoms with E-state index in [0.717, 1.165) is 42.2 Å². The molecule has 1 aromatic carbocycles. The molecule has 1 aromatic heterocycles. The average Bonchev–Trinajstić information content (AvgIpc) is 2.32. The normalized spacial score (nSPS) is 14.9. The average molecular weight is 251 g/mol. The molecule has 2 aromatic rings. The fraction of sp³-hybridized carbons (Fsp3) is 0.308. The summed E-state index contributed by atoms with van der Waals surface area (Å²) in [5.41, 5.74) is 1.93. The molecular formula is C13H11ClO3. The van der Waals surface area contributed by atoms with Crippen molar-refractivity contribution in [2.24, 2.45) is 0 Å². The number of fused-ring (bicyclic) bond motifs is 3. The third-order valence-corrected chi connectivity index (χ3v) is 3.59. The first-order valence-corrected chi connectivity index (χ1v) is 6.01. The molecule has 0 radical (unpaired) electrons. The second-order valence-corrected chi connectivity index (χ2v) is 4.76. The van der Waals surface area contributed by atoms with Crippen molar-refractivity contribution in [2.75, 3.05) is 0 Å². The molecule has 0 amide bonds. The Morgan fingerprint density at radius 1 is 1.18 bits per heavy atom. The highest BCUT2D eigenvalue weighted by Gasteiger charge is 2.18. The van der Waals surface area contributed by atoms with Crippen LogP contribution in [0.4, 0.5) is 0 Å². The number of phenolic OH excluding ortho intramolecular Hbond substituents is 1. The Hall–Kier alpha value is -1.48. The van der Waals surface area contributed by atoms with E-state index in [-0.39, 0.29) is 11.4 Å². The van der Waals surface area contributed by atoms with Gasteiger partial charge in [0, 0.05) is 17.0 Å². The monoisotopic (exact) mass is 250 g/mol. The molecule has 0 aliphatic heterocycles. The predicted octanol–water partition coefficient (Wildman–Crippen LogP) is 3.03. The van der Waals surface area contributed by atoms with Crippen molar-refractivity contribution in [3.05, 3.63) is 38.7 Å². The lowest BCUT2D eigenvalue weighted by atomic mass is 9.91. The predicted molar refractivity (Wildman–Crippen MR) is 65.8 cm³/mol. The van der Waals surface area contributed by atoms with Gasteiger partial charge in [-0.2, -0.15) is 0 Å². The van der Waals surface area contributed by atoms with Crippen molar-refractivity contribution in [3.8, 4) is 5.75 Å². The third-order valence-electron chi connectivity index (χ3n) is 3.29. The maximum absolute atomic E-state index is 11.8. The minimum atomic E-state index is -0.283. The van der Waals surface area contributed by atoms with Crippen LogP contribution in [-0.2, 0) is 12.8 Å². The molecule has 3 nitrogen and oxygen atoms in total. The molecule has 0 saturated carbocycles. The van der Waals surface area contributed by atoms with Gasteiger partial charge in [0.2, 0.25) is 0 Å². The molecular weight excluding hydrogens is 240 g/mol. The lowest BCUT2D eigenvalue weighted by Gasteiger charge is -2.16. The van der Waals surface area contributed by atoms with Gasteiger partial charge in [0.1, 0.15) is 11.3 Å². The Bertz CT molecular complexity index is 658. The number of aromatic hydroxyl groups is 1. The van der Waals surface area contributed by atoms with Crippen LogP contribution in [0.25, 0.3) is 11.0 Å². The fourth-order valence-electron chi connectivity index (χ4n) is 2.45. The highest BCUT2D eigenvalue weighted by molar-refractivity contribution is 6.32. The van der Waals surface area contributed by atoms with Gasteiger partial charge in [0.05, 0.1) is 5.02 Å². The fourth-order valence-corrected chi connectivity index (χ4v) is 2.62. The Kier molecular flexibility index (Phi) is 2.37. The summed E-state index contributed by atoms with van der Waals surface area (Å²) in [6.45, 7) is 0. The maximum atomic E-state index is 11.8. The van der Waals surface area contributed by atoms with Gasteiger partial charge in [-0.3, -0.25) is 0 Å². The number of phenols is 1. The summed E-state index contributed by atoms with van der Waals surface area (Å²) >= 11 is 5.90. The van der Waals surface area contributed by atoms with Gasteiger partial charge in [-0.15, -0.1) is 0 Å². The van der Waals surface area contributed by atoms with E-state index in [4.69, 9.17) is 16.0 Å². The van der Waals surface area contributed by atoms with Crippen molar-refractivity contribution in [1.29, 1.82) is 0 Å². The molecule has 4 heteroatoms. The highest BCUT2D eigenvalue weighted by atomic mass is 35.5. The third kappa shape index (κ3) is 1.62. The van der Waals surface area contributed by atoms with Gasteiger partial charge in [-0.25, -0.2) is 4.79 Å². The summed E-state index contributed by atoms with van der Waals surface area (Å²) in [5.74, 6) is -0.0573. The van der Waals surface area contributed by atoms with Gasteiger partial charge in [-0.05, 0) is 37.3 Å². The first kappa shape index (κ1) is 10.7. The lowest BCUT2D eigenvalue weighted by molar-refractivity contribution is 0.472. The Morgan fingerprint density at radius 2 is 1.88 bits per heavy atom. The van der Waals surface area contributed by atoms with Gasteiger partial charge in [-0.1, -0.05) is 11.6 Å². The number of hydrogen-bond donors (Lipinski definition) is 1. The van der Waals surface area contributed by atoms with E-state index in [0.29, 0.717) is 10.6 Å². The molecule has 0 unspecified atom stereocenters. The van der Waals surface area contributed by atoms with Crippen LogP contribution < -0.4 is 5.63 Å². The highest BCUT2D eigenvalue weighted by Crippen LogP contribution is 2.33. The smallest absolute Gasteiger partial charge is 0.339 e. The van der Waals surface area contributed by atoms with Crippen LogP contribution in [0.1, 0.15) is 24.0 Å². The minimum Gasteiger partial charge on any atom is -0.506 e. The van der Waals surface area contributed by atoms with Gasteiger partial charge in [0.15, 0.2) is 0 Å². The van der Waals surface area contributed by atoms with Gasteiger partial charge < -0.3 is 9.52 Å². The molecule has 1 N–H and O–H groups in total. The zero-order valence-electron chi connectivity index (χ0n) is 9.12. The Balaban J connectivity index is 2.43. The molecule has 88 valence electrons. The molecule has 0 atom stereocenters. The zero-order chi connectivity index (χ0) is 12.0. The van der Waals surface area contributed by atoms with Crippen LogP contribution in [0.5, 0.6) is 5.75 Å². The molecule has 0 spiro atoms. The summed E-state index contributed by atoms with van der Waals surface area (Å²) in [5, 5.41) is 10.7. The second-order valence-electron chi connectivity index (χ2n) is 4.35. The number of rotatable bonds is 0. The van der Waals surface area contributed by atoms with Crippen LogP contribution in [0, 0.1) is 0 Å². The quantitative estimate of drug-likeness (QED) is 0.731. The van der Waals surface area contributed by atoms with E-state index in [9.17, 15) is 9.90 Å². The molecule has 17 heavy (non-hydrogen) atoms. The number of benzene rings is 1. The van der Waals surface area contributed by atoms with Crippen LogP contribution in [-0.4, -0.2) is 5.11 Å². The largest absolute Gasteiger partial charge is 0.506 e. The van der Waals surface area contributed by atoms with Gasteiger partial charge >= 0.3 is 5.63 Å². The second kappa shape index (κ2) is 3.77. The Labute approximate surface area is 103 Å². The van der Waals surface area contributed by atoms with Crippen molar-refractivity contribution >= 4 is 22.6 Å². The van der Waals surface area contributed by atoms with E-state index >= 15 is 0 Å². The van der Waals surface area contributed by atoms with Crippen molar-refractivity contribution in [2.45, 2.75) is 25.7 Å². The molecule has 1 heterocycles. The molecule has 0 saturated heterocycles. The summed E-state index contributed by atoms with van der Waals surface area (Å²) in [4.78, 5) is 11.8. The minimum absolute atomic E-state index is 0.0573. The first-order valence-electron chi connectivity index (χ1n) is 5.64. The summed E-state index contributed by atoms with van der Waals surface area (Å²) in [6, 6.07) is 3.09. The molecule has 1 aliphatic carbocycles. The summed E-state index contributed by atoms with van der Waals surface area (Å²) in [7, 11) is 0. The zero-order valence-corrected chi connectivity index (χ0v) is 9.88. The van der Waals surface area contributed by atoms with Crippen molar-refractivity contribution in [1.82, 2.24) is 0 Å². The number of halogens is 1. The van der Waals surface area contributed by atoms with Crippen LogP contribution in [0.15, 0.2) is 21.3 Å². The van der Waals surface area contributed by atoms with E-state index in [1.807, 2.05) is 0 Å². The number of hydrogen-bond acceptors (Lipinski definition) is 3. The first-order chi connectivity index (χ1) is 8.16. The van der Waals surface area contributed by atoms with Crippen LogP contribution >= 0.6 is 11.6 Å². The topological polar surface area (TPSA) is 50.4 Å². The van der Waals surface area contributed by atoms with E-state index in [1.165, 1.54) is 6.07 Å². The van der Waals surface area contributed by atoms with Crippen LogP contribution in [0.3, 0.4) is 0 Å². The lowest BCUT2D eigenvalue weighted by Crippen LogP contribution is -2.15. The number of aryl methyl sites for hydroxylation is 1. The SMILES string of the molecule is O=c1oc2cc(O)c(Cl)cc2c2c1CCCC2.